The van der Waals surface area contributed by atoms with Crippen molar-refractivity contribution in [2.45, 2.75) is 26.4 Å². The van der Waals surface area contributed by atoms with E-state index >= 15 is 0 Å². The van der Waals surface area contributed by atoms with E-state index in [9.17, 15) is 9.59 Å². The molecule has 0 unspecified atom stereocenters. The van der Waals surface area contributed by atoms with Gasteiger partial charge in [-0.3, -0.25) is 4.79 Å². The molecule has 0 bridgehead atoms. The Morgan fingerprint density at radius 2 is 1.77 bits per heavy atom. The van der Waals surface area contributed by atoms with Crippen molar-refractivity contribution in [2.75, 3.05) is 6.54 Å². The van der Waals surface area contributed by atoms with Crippen molar-refractivity contribution >= 4 is 33.3 Å². The van der Waals surface area contributed by atoms with Crippen molar-refractivity contribution in [3.05, 3.63) is 60.2 Å². The Labute approximate surface area is 156 Å². The molecule has 1 amide bonds. The molecule has 5 heteroatoms. The van der Waals surface area contributed by atoms with E-state index < -0.39 is 11.7 Å². The summed E-state index contributed by atoms with van der Waals surface area (Å²) in [6, 6.07) is 17.9. The number of alkyl carbamates (subject to hydrolysis) is 1. The van der Waals surface area contributed by atoms with Crippen LogP contribution in [0, 0.1) is 0 Å². The van der Waals surface area contributed by atoms with Crippen LogP contribution in [0.15, 0.2) is 54.6 Å². The van der Waals surface area contributed by atoms with Crippen LogP contribution in [0.4, 0.5) is 4.79 Å². The molecule has 26 heavy (non-hydrogen) atoms. The average Bonchev–Trinajstić information content (AvgIpc) is 3.02. The summed E-state index contributed by atoms with van der Waals surface area (Å²) in [6.45, 7) is 5.26. The predicted octanol–water partition coefficient (Wildman–Crippen LogP) is 5.28. The molecule has 134 valence electrons. The highest BCUT2D eigenvalue weighted by Gasteiger charge is 2.17. The second-order valence-corrected chi connectivity index (χ2v) is 8.09. The summed E-state index contributed by atoms with van der Waals surface area (Å²) in [5.41, 5.74) is 1.15. The Kier molecular flexibility index (Phi) is 5.09. The van der Waals surface area contributed by atoms with Gasteiger partial charge in [0.05, 0.1) is 6.54 Å². The number of Topliss-reactive ketones (excluding diaryl/α,β-unsaturated/α-hetero) is 1. The molecule has 1 heterocycles. The van der Waals surface area contributed by atoms with E-state index in [0.717, 1.165) is 20.5 Å². The summed E-state index contributed by atoms with van der Waals surface area (Å²) >= 11 is 1.69. The molecule has 3 rings (SSSR count). The van der Waals surface area contributed by atoms with Gasteiger partial charge in [0.2, 0.25) is 0 Å². The second-order valence-electron chi connectivity index (χ2n) is 7.01. The van der Waals surface area contributed by atoms with Crippen molar-refractivity contribution in [1.82, 2.24) is 5.32 Å². The van der Waals surface area contributed by atoms with Crippen molar-refractivity contribution in [2.24, 2.45) is 0 Å². The number of amides is 1. The van der Waals surface area contributed by atoms with E-state index in [4.69, 9.17) is 4.74 Å². The Hall–Kier alpha value is -2.66. The van der Waals surface area contributed by atoms with Crippen LogP contribution in [-0.2, 0) is 4.74 Å². The van der Waals surface area contributed by atoms with E-state index in [0.29, 0.717) is 5.56 Å². The molecule has 2 aromatic carbocycles. The number of hydrogen-bond donors (Lipinski definition) is 1. The Balaban J connectivity index is 1.72. The van der Waals surface area contributed by atoms with Gasteiger partial charge < -0.3 is 10.1 Å². The Bertz CT molecular complexity index is 939. The minimum Gasteiger partial charge on any atom is -0.444 e. The molecule has 4 nitrogen and oxygen atoms in total. The van der Waals surface area contributed by atoms with Gasteiger partial charge in [0.25, 0.3) is 0 Å². The number of nitrogens with one attached hydrogen (secondary N) is 1. The smallest absolute Gasteiger partial charge is 0.408 e. The minimum absolute atomic E-state index is 0.0872. The SMILES string of the molecule is CC(C)(C)OC(=O)NCC(=O)c1ccc2sc(-c3ccccc3)cc2c1. The number of rotatable bonds is 4. The second kappa shape index (κ2) is 7.30. The van der Waals surface area contributed by atoms with Gasteiger partial charge in [-0.1, -0.05) is 30.3 Å². The van der Waals surface area contributed by atoms with Crippen molar-refractivity contribution < 1.29 is 14.3 Å². The summed E-state index contributed by atoms with van der Waals surface area (Å²) < 4.78 is 6.27. The molecule has 0 saturated carbocycles. The molecule has 3 aromatic rings. The first-order valence-corrected chi connectivity index (χ1v) is 9.22. The van der Waals surface area contributed by atoms with Gasteiger partial charge in [-0.2, -0.15) is 0 Å². The van der Waals surface area contributed by atoms with Gasteiger partial charge in [-0.05, 0) is 56.0 Å². The van der Waals surface area contributed by atoms with Crippen LogP contribution in [0.3, 0.4) is 0 Å². The number of ether oxygens (including phenoxy) is 1. The quantitative estimate of drug-likeness (QED) is 0.639. The highest BCUT2D eigenvalue weighted by Crippen LogP contribution is 2.33. The summed E-state index contributed by atoms with van der Waals surface area (Å²) in [7, 11) is 0. The zero-order chi connectivity index (χ0) is 18.7. The number of benzene rings is 2. The first-order chi connectivity index (χ1) is 12.3. The molecular weight excluding hydrogens is 346 g/mol. The lowest BCUT2D eigenvalue weighted by Crippen LogP contribution is -2.35. The number of carbonyl (C=O) groups excluding carboxylic acids is 2. The Morgan fingerprint density at radius 1 is 1.04 bits per heavy atom. The maximum absolute atomic E-state index is 12.4. The molecule has 0 aliphatic heterocycles. The standard InChI is InChI=1S/C21H21NO3S/c1-21(2,3)25-20(24)22-13-17(23)15-9-10-18-16(11-15)12-19(26-18)14-7-5-4-6-8-14/h4-12H,13H2,1-3H3,(H,22,24). The first kappa shape index (κ1) is 18.1. The van der Waals surface area contributed by atoms with Gasteiger partial charge >= 0.3 is 6.09 Å². The number of hydrogen-bond acceptors (Lipinski definition) is 4. The lowest BCUT2D eigenvalue weighted by atomic mass is 10.1. The van der Waals surface area contributed by atoms with Crippen molar-refractivity contribution in [3.63, 3.8) is 0 Å². The lowest BCUT2D eigenvalue weighted by molar-refractivity contribution is 0.0520. The van der Waals surface area contributed by atoms with Crippen LogP contribution in [-0.4, -0.2) is 24.0 Å². The van der Waals surface area contributed by atoms with E-state index in [2.05, 4.69) is 23.5 Å². The fraction of sp³-hybridized carbons (Fsp3) is 0.238. The highest BCUT2D eigenvalue weighted by molar-refractivity contribution is 7.22. The van der Waals surface area contributed by atoms with Crippen molar-refractivity contribution in [3.8, 4) is 10.4 Å². The summed E-state index contributed by atoms with van der Waals surface area (Å²) in [4.78, 5) is 25.2. The third kappa shape index (κ3) is 4.49. The van der Waals surface area contributed by atoms with Crippen LogP contribution in [0.1, 0.15) is 31.1 Å². The van der Waals surface area contributed by atoms with Gasteiger partial charge in [-0.15, -0.1) is 11.3 Å². The molecule has 0 radical (unpaired) electrons. The van der Waals surface area contributed by atoms with Gasteiger partial charge in [0.1, 0.15) is 5.60 Å². The van der Waals surface area contributed by atoms with E-state index in [1.54, 1.807) is 38.2 Å². The number of ketones is 1. The number of carbonyl (C=O) groups is 2. The van der Waals surface area contributed by atoms with Gasteiger partial charge in [-0.25, -0.2) is 4.79 Å². The van der Waals surface area contributed by atoms with Crippen LogP contribution in [0.25, 0.3) is 20.5 Å². The minimum atomic E-state index is -0.589. The van der Waals surface area contributed by atoms with E-state index in [-0.39, 0.29) is 12.3 Å². The first-order valence-electron chi connectivity index (χ1n) is 8.41. The molecule has 0 saturated heterocycles. The summed E-state index contributed by atoms with van der Waals surface area (Å²) in [5, 5.41) is 3.53. The van der Waals surface area contributed by atoms with Gasteiger partial charge in [0, 0.05) is 15.1 Å². The molecular formula is C21H21NO3S. The molecule has 0 aliphatic rings. The topological polar surface area (TPSA) is 55.4 Å². The van der Waals surface area contributed by atoms with E-state index in [1.165, 1.54) is 0 Å². The van der Waals surface area contributed by atoms with Crippen molar-refractivity contribution in [1.29, 1.82) is 0 Å². The zero-order valence-corrected chi connectivity index (χ0v) is 15.9. The van der Waals surface area contributed by atoms with Crippen LogP contribution in [0.2, 0.25) is 0 Å². The molecule has 1 N–H and O–H groups in total. The van der Waals surface area contributed by atoms with E-state index in [1.807, 2.05) is 30.3 Å². The number of thiophene rings is 1. The predicted molar refractivity (Wildman–Crippen MR) is 106 cm³/mol. The molecule has 0 spiro atoms. The highest BCUT2D eigenvalue weighted by atomic mass is 32.1. The van der Waals surface area contributed by atoms with Gasteiger partial charge in [0.15, 0.2) is 5.78 Å². The Morgan fingerprint density at radius 3 is 2.46 bits per heavy atom. The molecule has 1 aromatic heterocycles. The van der Waals surface area contributed by atoms with Crippen LogP contribution < -0.4 is 5.32 Å². The summed E-state index contributed by atoms with van der Waals surface area (Å²) in [5.74, 6) is -0.148. The molecule has 0 aliphatic carbocycles. The van der Waals surface area contributed by atoms with Crippen LogP contribution >= 0.6 is 11.3 Å². The average molecular weight is 367 g/mol. The summed E-state index contributed by atoms with van der Waals surface area (Å²) in [6.07, 6.45) is -0.589. The monoisotopic (exact) mass is 367 g/mol. The third-order valence-electron chi connectivity index (χ3n) is 3.69. The number of fused-ring (bicyclic) bond motifs is 1. The normalized spacial score (nSPS) is 11.3. The largest absolute Gasteiger partial charge is 0.444 e. The lowest BCUT2D eigenvalue weighted by Gasteiger charge is -2.19. The third-order valence-corrected chi connectivity index (χ3v) is 4.85. The fourth-order valence-corrected chi connectivity index (χ4v) is 3.58. The maximum Gasteiger partial charge on any atom is 0.408 e. The van der Waals surface area contributed by atoms with Crippen LogP contribution in [0.5, 0.6) is 0 Å². The fourth-order valence-electron chi connectivity index (χ4n) is 2.53. The molecule has 0 atom stereocenters. The maximum atomic E-state index is 12.4. The zero-order valence-electron chi connectivity index (χ0n) is 15.0. The molecule has 0 fully saturated rings.